The van der Waals surface area contributed by atoms with E-state index in [1.165, 1.54) is 22.9 Å². The van der Waals surface area contributed by atoms with Crippen LogP contribution in [0.15, 0.2) is 66.7 Å². The Labute approximate surface area is 209 Å². The van der Waals surface area contributed by atoms with Crippen LogP contribution in [0.5, 0.6) is 5.75 Å². The van der Waals surface area contributed by atoms with Crippen LogP contribution in [-0.2, 0) is 13.1 Å². The van der Waals surface area contributed by atoms with E-state index in [4.69, 9.17) is 16.7 Å². The van der Waals surface area contributed by atoms with Crippen LogP contribution in [0.3, 0.4) is 0 Å². The number of anilines is 1. The molecular formula is C26H19ClF3N3O3. The molecule has 2 heterocycles. The number of nitrogens with zero attached hydrogens (tertiary/aromatic N) is 3. The number of carbonyl (C=O) groups is 1. The number of para-hydroxylation sites is 2. The van der Waals surface area contributed by atoms with Crippen molar-refractivity contribution < 1.29 is 27.8 Å². The summed E-state index contributed by atoms with van der Waals surface area (Å²) in [5.41, 5.74) is 4.73. The number of carboxylic acids is 1. The van der Waals surface area contributed by atoms with Crippen LogP contribution >= 0.6 is 11.6 Å². The quantitative estimate of drug-likeness (QED) is 0.325. The number of alkyl halides is 3. The van der Waals surface area contributed by atoms with Gasteiger partial charge in [0.1, 0.15) is 5.69 Å². The molecule has 5 rings (SSSR count). The van der Waals surface area contributed by atoms with E-state index in [2.05, 4.69) is 4.74 Å². The summed E-state index contributed by atoms with van der Waals surface area (Å²) in [6.45, 7) is 2.57. The molecule has 1 aliphatic heterocycles. The Hall–Kier alpha value is -3.98. The maximum Gasteiger partial charge on any atom is 0.573 e. The van der Waals surface area contributed by atoms with Crippen LogP contribution in [0.25, 0.3) is 16.9 Å². The monoisotopic (exact) mass is 513 g/mol. The fourth-order valence-corrected chi connectivity index (χ4v) is 4.53. The van der Waals surface area contributed by atoms with Crippen molar-refractivity contribution in [1.29, 1.82) is 0 Å². The van der Waals surface area contributed by atoms with Gasteiger partial charge >= 0.3 is 12.3 Å². The molecule has 0 aliphatic carbocycles. The Balaban J connectivity index is 1.60. The van der Waals surface area contributed by atoms with E-state index in [0.717, 1.165) is 16.8 Å². The molecule has 0 spiro atoms. The van der Waals surface area contributed by atoms with Gasteiger partial charge in [0.05, 0.1) is 23.5 Å². The van der Waals surface area contributed by atoms with E-state index in [-0.39, 0.29) is 17.0 Å². The predicted octanol–water partition coefficient (Wildman–Crippen LogP) is 6.62. The van der Waals surface area contributed by atoms with Crippen molar-refractivity contribution in [3.8, 4) is 22.7 Å². The lowest BCUT2D eigenvalue weighted by Gasteiger charge is -2.21. The summed E-state index contributed by atoms with van der Waals surface area (Å²) >= 11 is 6.08. The van der Waals surface area contributed by atoms with Crippen LogP contribution in [0.2, 0.25) is 5.02 Å². The van der Waals surface area contributed by atoms with Gasteiger partial charge in [0.2, 0.25) is 0 Å². The number of aryl methyl sites for hydroxylation is 1. The van der Waals surface area contributed by atoms with Gasteiger partial charge in [-0.2, -0.15) is 5.10 Å². The number of carboxylic acid groups (broad SMARTS) is 1. The Morgan fingerprint density at radius 2 is 1.78 bits per heavy atom. The van der Waals surface area contributed by atoms with E-state index in [1.807, 2.05) is 4.90 Å². The number of halogens is 4. The van der Waals surface area contributed by atoms with Crippen LogP contribution in [0.4, 0.5) is 18.9 Å². The highest BCUT2D eigenvalue weighted by atomic mass is 35.5. The molecule has 0 fully saturated rings. The van der Waals surface area contributed by atoms with Crippen molar-refractivity contribution in [2.24, 2.45) is 0 Å². The summed E-state index contributed by atoms with van der Waals surface area (Å²) in [6, 6.07) is 18.0. The van der Waals surface area contributed by atoms with E-state index in [9.17, 15) is 23.1 Å². The van der Waals surface area contributed by atoms with Gasteiger partial charge in [-0.05, 0) is 55.0 Å². The summed E-state index contributed by atoms with van der Waals surface area (Å²) in [7, 11) is 0. The lowest BCUT2D eigenvalue weighted by molar-refractivity contribution is -0.274. The van der Waals surface area contributed by atoms with Crippen LogP contribution in [-0.4, -0.2) is 27.2 Å². The number of aromatic nitrogens is 2. The molecule has 0 unspecified atom stereocenters. The van der Waals surface area contributed by atoms with Crippen molar-refractivity contribution in [3.05, 3.63) is 94.1 Å². The second-order valence-corrected chi connectivity index (χ2v) is 8.80. The van der Waals surface area contributed by atoms with Crippen LogP contribution in [0.1, 0.15) is 27.2 Å². The summed E-state index contributed by atoms with van der Waals surface area (Å²) in [4.78, 5) is 13.4. The molecule has 10 heteroatoms. The molecule has 1 aromatic heterocycles. The van der Waals surface area contributed by atoms with Gasteiger partial charge in [0, 0.05) is 28.4 Å². The highest BCUT2D eigenvalue weighted by Gasteiger charge is 2.34. The second-order valence-electron chi connectivity index (χ2n) is 8.37. The Kier molecular flexibility index (Phi) is 5.88. The van der Waals surface area contributed by atoms with Crippen molar-refractivity contribution in [2.45, 2.75) is 26.4 Å². The van der Waals surface area contributed by atoms with Crippen molar-refractivity contribution in [3.63, 3.8) is 0 Å². The van der Waals surface area contributed by atoms with Gasteiger partial charge in [-0.15, -0.1) is 13.2 Å². The minimum absolute atomic E-state index is 0.155. The van der Waals surface area contributed by atoms with Crippen LogP contribution < -0.4 is 9.64 Å². The van der Waals surface area contributed by atoms with Crippen LogP contribution in [0, 0.1) is 6.92 Å². The lowest BCUT2D eigenvalue weighted by Crippen LogP contribution is -2.19. The average Bonchev–Trinajstić information content (AvgIpc) is 3.37. The highest BCUT2D eigenvalue weighted by Crippen LogP contribution is 2.39. The maximum atomic E-state index is 13.1. The van der Waals surface area contributed by atoms with Gasteiger partial charge < -0.3 is 14.7 Å². The molecule has 0 amide bonds. The van der Waals surface area contributed by atoms with E-state index in [0.29, 0.717) is 35.1 Å². The molecule has 6 nitrogen and oxygen atoms in total. The first-order valence-corrected chi connectivity index (χ1v) is 11.3. The van der Waals surface area contributed by atoms with E-state index < -0.39 is 12.3 Å². The third-order valence-corrected chi connectivity index (χ3v) is 6.25. The average molecular weight is 514 g/mol. The van der Waals surface area contributed by atoms with Gasteiger partial charge in [-0.1, -0.05) is 35.9 Å². The first-order chi connectivity index (χ1) is 17.1. The number of benzene rings is 3. The molecule has 0 saturated heterocycles. The Morgan fingerprint density at radius 1 is 1.06 bits per heavy atom. The zero-order valence-electron chi connectivity index (χ0n) is 18.9. The van der Waals surface area contributed by atoms with Gasteiger partial charge in [0.15, 0.2) is 5.75 Å². The number of hydrogen-bond acceptors (Lipinski definition) is 4. The topological polar surface area (TPSA) is 67.6 Å². The molecule has 36 heavy (non-hydrogen) atoms. The number of hydrogen-bond donors (Lipinski definition) is 1. The van der Waals surface area contributed by atoms with Crippen molar-refractivity contribution in [1.82, 2.24) is 9.78 Å². The fourth-order valence-electron chi connectivity index (χ4n) is 4.41. The zero-order valence-corrected chi connectivity index (χ0v) is 19.6. The zero-order chi connectivity index (χ0) is 25.6. The normalized spacial score (nSPS) is 13.1. The largest absolute Gasteiger partial charge is 0.573 e. The highest BCUT2D eigenvalue weighted by molar-refractivity contribution is 6.30. The number of aromatic carboxylic acids is 1. The first-order valence-electron chi connectivity index (χ1n) is 10.9. The summed E-state index contributed by atoms with van der Waals surface area (Å²) < 4.78 is 45.1. The standard InChI is InChI=1S/C26H19ClF3N3O3/c1-15-12-18(10-11-19(15)25(34)35)32-13-20-21(14-32)31-33(24(20)16-6-8-17(27)9-7-16)22-4-2-3-5-23(22)36-26(28,29)30/h2-12H,13-14H2,1H3,(H,34,35). The number of fused-ring (bicyclic) bond motifs is 1. The number of ether oxygens (including phenoxy) is 1. The maximum absolute atomic E-state index is 13.1. The Morgan fingerprint density at radius 3 is 2.44 bits per heavy atom. The second kappa shape index (κ2) is 8.91. The molecule has 0 saturated carbocycles. The molecule has 0 bridgehead atoms. The third kappa shape index (κ3) is 4.49. The molecule has 1 aliphatic rings. The van der Waals surface area contributed by atoms with E-state index >= 15 is 0 Å². The van der Waals surface area contributed by atoms with Gasteiger partial charge in [0.25, 0.3) is 0 Å². The first kappa shape index (κ1) is 23.7. The lowest BCUT2D eigenvalue weighted by atomic mass is 10.1. The SMILES string of the molecule is Cc1cc(N2Cc3nn(-c4ccccc4OC(F)(F)F)c(-c4ccc(Cl)cc4)c3C2)ccc1C(=O)O. The summed E-state index contributed by atoms with van der Waals surface area (Å²) in [6.07, 6.45) is -4.86. The molecule has 184 valence electrons. The van der Waals surface area contributed by atoms with Gasteiger partial charge in [-0.25, -0.2) is 9.48 Å². The third-order valence-electron chi connectivity index (χ3n) is 6.00. The minimum atomic E-state index is -4.86. The molecule has 3 aromatic carbocycles. The van der Waals surface area contributed by atoms with Crippen molar-refractivity contribution in [2.75, 3.05) is 4.90 Å². The summed E-state index contributed by atoms with van der Waals surface area (Å²) in [5, 5.41) is 14.5. The smallest absolute Gasteiger partial charge is 0.478 e. The van der Waals surface area contributed by atoms with Gasteiger partial charge in [-0.3, -0.25) is 0 Å². The Bertz CT molecular complexity index is 1470. The molecule has 1 N–H and O–H groups in total. The predicted molar refractivity (Wildman–Crippen MR) is 129 cm³/mol. The minimum Gasteiger partial charge on any atom is -0.478 e. The fraction of sp³-hybridized carbons (Fsp3) is 0.154. The molecule has 4 aromatic rings. The molecule has 0 atom stereocenters. The van der Waals surface area contributed by atoms with E-state index in [1.54, 1.807) is 55.5 Å². The van der Waals surface area contributed by atoms with Crippen molar-refractivity contribution >= 4 is 23.3 Å². The molecule has 0 radical (unpaired) electrons. The number of rotatable bonds is 5. The molecular weight excluding hydrogens is 495 g/mol. The summed E-state index contributed by atoms with van der Waals surface area (Å²) in [5.74, 6) is -1.36.